The molecular formula is C17H16N2O2. The Bertz CT molecular complexity index is 690. The van der Waals surface area contributed by atoms with Crippen LogP contribution >= 0.6 is 0 Å². The molecule has 0 spiro atoms. The van der Waals surface area contributed by atoms with Gasteiger partial charge in [0.2, 0.25) is 5.88 Å². The van der Waals surface area contributed by atoms with Gasteiger partial charge in [-0.05, 0) is 29.8 Å². The summed E-state index contributed by atoms with van der Waals surface area (Å²) in [7, 11) is 1.66. The summed E-state index contributed by atoms with van der Waals surface area (Å²) in [6.07, 6.45) is 1.73. The van der Waals surface area contributed by atoms with Gasteiger partial charge >= 0.3 is 0 Å². The molecule has 0 unspecified atom stereocenters. The second kappa shape index (κ2) is 6.13. The summed E-state index contributed by atoms with van der Waals surface area (Å²) in [5.41, 5.74) is 2.06. The van der Waals surface area contributed by atoms with Crippen molar-refractivity contribution < 1.29 is 9.47 Å². The molecule has 0 saturated carbocycles. The van der Waals surface area contributed by atoms with Crippen LogP contribution in [0.5, 0.6) is 11.6 Å². The fourth-order valence-corrected chi connectivity index (χ4v) is 2.04. The smallest absolute Gasteiger partial charge is 0.216 e. The third kappa shape index (κ3) is 3.05. The summed E-state index contributed by atoms with van der Waals surface area (Å²) in [6, 6.07) is 19.6. The molecule has 3 aromatic rings. The maximum Gasteiger partial charge on any atom is 0.216 e. The molecule has 0 amide bonds. The molecule has 1 aromatic heterocycles. The third-order valence-electron chi connectivity index (χ3n) is 3.15. The quantitative estimate of drug-likeness (QED) is 0.718. The number of hydrogen-bond donors (Lipinski definition) is 0. The van der Waals surface area contributed by atoms with Crippen LogP contribution < -0.4 is 9.47 Å². The van der Waals surface area contributed by atoms with Crippen molar-refractivity contribution in [3.63, 3.8) is 0 Å². The number of aromatic nitrogens is 2. The van der Waals surface area contributed by atoms with E-state index in [1.54, 1.807) is 18.0 Å². The number of methoxy groups -OCH3 is 1. The first-order chi connectivity index (χ1) is 10.4. The number of hydrogen-bond acceptors (Lipinski definition) is 3. The average Bonchev–Trinajstić information content (AvgIpc) is 3.03. The molecule has 0 aliphatic heterocycles. The molecular weight excluding hydrogens is 264 g/mol. The summed E-state index contributed by atoms with van der Waals surface area (Å²) in [4.78, 5) is 0. The molecule has 0 bridgehead atoms. The molecule has 21 heavy (non-hydrogen) atoms. The van der Waals surface area contributed by atoms with Crippen molar-refractivity contribution in [2.24, 2.45) is 0 Å². The van der Waals surface area contributed by atoms with Gasteiger partial charge in [0.25, 0.3) is 0 Å². The Morgan fingerprint density at radius 2 is 1.71 bits per heavy atom. The minimum absolute atomic E-state index is 0.489. The van der Waals surface area contributed by atoms with Gasteiger partial charge < -0.3 is 9.47 Å². The van der Waals surface area contributed by atoms with Gasteiger partial charge in [-0.25, -0.2) is 4.68 Å². The monoisotopic (exact) mass is 280 g/mol. The van der Waals surface area contributed by atoms with Gasteiger partial charge in [-0.2, -0.15) is 5.10 Å². The zero-order valence-corrected chi connectivity index (χ0v) is 11.8. The maximum atomic E-state index is 5.85. The Kier molecular flexibility index (Phi) is 3.87. The average molecular weight is 280 g/mol. The van der Waals surface area contributed by atoms with Crippen LogP contribution in [0.25, 0.3) is 5.69 Å². The zero-order valence-electron chi connectivity index (χ0n) is 11.8. The van der Waals surface area contributed by atoms with Gasteiger partial charge in [0.1, 0.15) is 12.4 Å². The van der Waals surface area contributed by atoms with Crippen LogP contribution in [0.3, 0.4) is 0 Å². The molecule has 2 aromatic carbocycles. The van der Waals surface area contributed by atoms with Crippen LogP contribution in [0.2, 0.25) is 0 Å². The van der Waals surface area contributed by atoms with Gasteiger partial charge in [-0.15, -0.1) is 0 Å². The molecule has 4 nitrogen and oxygen atoms in total. The van der Waals surface area contributed by atoms with Crippen LogP contribution in [0.15, 0.2) is 66.9 Å². The lowest BCUT2D eigenvalue weighted by Crippen LogP contribution is -2.03. The summed E-state index contributed by atoms with van der Waals surface area (Å²) in [5.74, 6) is 1.56. The summed E-state index contributed by atoms with van der Waals surface area (Å²) in [5, 5.41) is 4.30. The molecule has 0 aliphatic carbocycles. The lowest BCUT2D eigenvalue weighted by molar-refractivity contribution is 0.284. The highest BCUT2D eigenvalue weighted by Gasteiger charge is 2.05. The van der Waals surface area contributed by atoms with Crippen molar-refractivity contribution >= 4 is 0 Å². The van der Waals surface area contributed by atoms with E-state index in [4.69, 9.17) is 9.47 Å². The molecule has 0 saturated heterocycles. The van der Waals surface area contributed by atoms with Gasteiger partial charge in [0, 0.05) is 6.07 Å². The third-order valence-corrected chi connectivity index (χ3v) is 3.15. The Labute approximate surface area is 123 Å². The minimum atomic E-state index is 0.489. The van der Waals surface area contributed by atoms with E-state index in [0.717, 1.165) is 22.9 Å². The Morgan fingerprint density at radius 1 is 0.952 bits per heavy atom. The van der Waals surface area contributed by atoms with Crippen molar-refractivity contribution in [2.75, 3.05) is 7.11 Å². The van der Waals surface area contributed by atoms with Crippen LogP contribution in [-0.2, 0) is 6.61 Å². The zero-order chi connectivity index (χ0) is 14.5. The van der Waals surface area contributed by atoms with Gasteiger partial charge in [0.15, 0.2) is 0 Å². The molecule has 0 N–H and O–H groups in total. The van der Waals surface area contributed by atoms with E-state index in [9.17, 15) is 0 Å². The Balaban J connectivity index is 1.72. The second-order valence-electron chi connectivity index (χ2n) is 4.55. The van der Waals surface area contributed by atoms with E-state index in [1.165, 1.54) is 0 Å². The van der Waals surface area contributed by atoms with Crippen LogP contribution in [-0.4, -0.2) is 16.9 Å². The molecule has 3 rings (SSSR count). The molecule has 0 aliphatic rings. The first kappa shape index (κ1) is 13.2. The van der Waals surface area contributed by atoms with Crippen molar-refractivity contribution in [1.82, 2.24) is 9.78 Å². The standard InChI is InChI=1S/C17H16N2O2/c1-20-16-9-7-14(8-10-16)13-21-17-11-12-18-19(17)15-5-3-2-4-6-15/h2-12H,13H2,1H3. The van der Waals surface area contributed by atoms with Gasteiger partial charge in [-0.1, -0.05) is 30.3 Å². The van der Waals surface area contributed by atoms with Crippen molar-refractivity contribution in [3.05, 3.63) is 72.4 Å². The number of benzene rings is 2. The SMILES string of the molecule is COc1ccc(COc2ccnn2-c2ccccc2)cc1. The fourth-order valence-electron chi connectivity index (χ4n) is 2.04. The fraction of sp³-hybridized carbons (Fsp3) is 0.118. The van der Waals surface area contributed by atoms with Crippen LogP contribution in [0.4, 0.5) is 0 Å². The minimum Gasteiger partial charge on any atom is -0.497 e. The number of rotatable bonds is 5. The second-order valence-corrected chi connectivity index (χ2v) is 4.55. The molecule has 0 fully saturated rings. The first-order valence-corrected chi connectivity index (χ1v) is 6.72. The van der Waals surface area contributed by atoms with Crippen LogP contribution in [0, 0.1) is 0 Å². The highest BCUT2D eigenvalue weighted by atomic mass is 16.5. The first-order valence-electron chi connectivity index (χ1n) is 6.72. The lowest BCUT2D eigenvalue weighted by atomic mass is 10.2. The topological polar surface area (TPSA) is 36.3 Å². The van der Waals surface area contributed by atoms with E-state index in [1.807, 2.05) is 60.7 Å². The maximum absolute atomic E-state index is 5.85. The molecule has 0 atom stereocenters. The molecule has 4 heteroatoms. The highest BCUT2D eigenvalue weighted by Crippen LogP contribution is 2.18. The molecule has 1 heterocycles. The molecule has 0 radical (unpaired) electrons. The van der Waals surface area contributed by atoms with E-state index >= 15 is 0 Å². The largest absolute Gasteiger partial charge is 0.497 e. The predicted octanol–water partition coefficient (Wildman–Crippen LogP) is 3.46. The number of nitrogens with zero attached hydrogens (tertiary/aromatic N) is 2. The van der Waals surface area contributed by atoms with Gasteiger partial charge in [0.05, 0.1) is 19.0 Å². The molecule has 106 valence electrons. The van der Waals surface area contributed by atoms with Crippen molar-refractivity contribution in [2.45, 2.75) is 6.61 Å². The predicted molar refractivity (Wildman–Crippen MR) is 80.9 cm³/mol. The van der Waals surface area contributed by atoms with Crippen molar-refractivity contribution in [1.29, 1.82) is 0 Å². The summed E-state index contributed by atoms with van der Waals surface area (Å²) >= 11 is 0. The van der Waals surface area contributed by atoms with Crippen molar-refractivity contribution in [3.8, 4) is 17.3 Å². The summed E-state index contributed by atoms with van der Waals surface area (Å²) < 4.78 is 12.8. The normalized spacial score (nSPS) is 10.3. The van der Waals surface area contributed by atoms with E-state index in [0.29, 0.717) is 6.61 Å². The summed E-state index contributed by atoms with van der Waals surface area (Å²) in [6.45, 7) is 0.489. The van der Waals surface area contributed by atoms with E-state index in [-0.39, 0.29) is 0 Å². The highest BCUT2D eigenvalue weighted by molar-refractivity contribution is 5.34. The van der Waals surface area contributed by atoms with E-state index < -0.39 is 0 Å². The lowest BCUT2D eigenvalue weighted by Gasteiger charge is -2.09. The number of para-hydroxylation sites is 1. The number of ether oxygens (including phenoxy) is 2. The Morgan fingerprint density at radius 3 is 2.43 bits per heavy atom. The van der Waals surface area contributed by atoms with E-state index in [2.05, 4.69) is 5.10 Å². The Hall–Kier alpha value is -2.75. The van der Waals surface area contributed by atoms with Crippen LogP contribution in [0.1, 0.15) is 5.56 Å². The van der Waals surface area contributed by atoms with Gasteiger partial charge in [-0.3, -0.25) is 0 Å².